The van der Waals surface area contributed by atoms with Gasteiger partial charge in [-0.2, -0.15) is 0 Å². The minimum atomic E-state index is 0.230. The van der Waals surface area contributed by atoms with E-state index in [1.807, 2.05) is 32.9 Å². The Morgan fingerprint density at radius 2 is 2.06 bits per heavy atom. The Hall–Kier alpha value is -1.13. The molecular weight excluding hydrogens is 204 g/mol. The average Bonchev–Trinajstić information content (AvgIpc) is 2.25. The average molecular weight is 224 g/mol. The van der Waals surface area contributed by atoms with Gasteiger partial charge >= 0.3 is 0 Å². The highest BCUT2D eigenvalue weighted by molar-refractivity contribution is 5.29. The highest BCUT2D eigenvalue weighted by atomic mass is 16.5. The molecule has 90 valence electrons. The van der Waals surface area contributed by atoms with Crippen LogP contribution in [0.5, 0.6) is 5.75 Å². The number of aryl methyl sites for hydroxylation is 1. The molecule has 0 amide bonds. The zero-order valence-electron chi connectivity index (χ0n) is 10.2. The monoisotopic (exact) mass is 224 g/mol. The summed E-state index contributed by atoms with van der Waals surface area (Å²) in [6, 6.07) is 3.82. The summed E-state index contributed by atoms with van der Waals surface area (Å²) >= 11 is 0. The van der Waals surface area contributed by atoms with Crippen LogP contribution in [0.15, 0.2) is 12.1 Å². The van der Waals surface area contributed by atoms with Crippen molar-refractivity contribution in [1.82, 2.24) is 4.98 Å². The molecule has 0 saturated carbocycles. The van der Waals surface area contributed by atoms with E-state index in [9.17, 15) is 0 Å². The molecule has 0 aromatic carbocycles. The molecule has 1 heterocycles. The number of pyridine rings is 1. The SMILES string of the molecule is Cc1ccc(OCCOC(C)C)c(CN)n1. The molecule has 0 aliphatic rings. The van der Waals surface area contributed by atoms with Gasteiger partial charge in [-0.15, -0.1) is 0 Å². The second kappa shape index (κ2) is 6.45. The predicted octanol–water partition coefficient (Wildman–Crippen LogP) is 1.65. The molecular formula is C12H20N2O2. The van der Waals surface area contributed by atoms with Crippen molar-refractivity contribution in [1.29, 1.82) is 0 Å². The molecule has 2 N–H and O–H groups in total. The van der Waals surface area contributed by atoms with Crippen molar-refractivity contribution in [2.45, 2.75) is 33.4 Å². The highest BCUT2D eigenvalue weighted by Gasteiger charge is 2.04. The fraction of sp³-hybridized carbons (Fsp3) is 0.583. The van der Waals surface area contributed by atoms with E-state index in [1.165, 1.54) is 0 Å². The van der Waals surface area contributed by atoms with Crippen LogP contribution in [-0.4, -0.2) is 24.3 Å². The van der Waals surface area contributed by atoms with Gasteiger partial charge in [0.05, 0.1) is 18.4 Å². The summed E-state index contributed by atoms with van der Waals surface area (Å²) in [7, 11) is 0. The summed E-state index contributed by atoms with van der Waals surface area (Å²) in [6.45, 7) is 7.43. The molecule has 0 aliphatic carbocycles. The molecule has 1 aromatic rings. The van der Waals surface area contributed by atoms with Gasteiger partial charge in [0.15, 0.2) is 0 Å². The predicted molar refractivity (Wildman–Crippen MR) is 63.4 cm³/mol. The highest BCUT2D eigenvalue weighted by Crippen LogP contribution is 2.16. The molecule has 0 atom stereocenters. The molecule has 0 radical (unpaired) electrons. The Morgan fingerprint density at radius 1 is 1.31 bits per heavy atom. The Morgan fingerprint density at radius 3 is 2.69 bits per heavy atom. The van der Waals surface area contributed by atoms with Crippen LogP contribution in [0, 0.1) is 6.92 Å². The largest absolute Gasteiger partial charge is 0.489 e. The van der Waals surface area contributed by atoms with Gasteiger partial charge in [-0.3, -0.25) is 4.98 Å². The Balaban J connectivity index is 2.47. The Kier molecular flexibility index (Phi) is 5.22. The van der Waals surface area contributed by atoms with Gasteiger partial charge in [0.1, 0.15) is 12.4 Å². The topological polar surface area (TPSA) is 57.4 Å². The molecule has 0 aliphatic heterocycles. The molecule has 0 bridgehead atoms. The molecule has 0 saturated heterocycles. The van der Waals surface area contributed by atoms with Gasteiger partial charge in [-0.25, -0.2) is 0 Å². The van der Waals surface area contributed by atoms with Crippen molar-refractivity contribution in [3.8, 4) is 5.75 Å². The fourth-order valence-electron chi connectivity index (χ4n) is 1.31. The molecule has 16 heavy (non-hydrogen) atoms. The van der Waals surface area contributed by atoms with Gasteiger partial charge in [-0.1, -0.05) is 0 Å². The smallest absolute Gasteiger partial charge is 0.142 e. The summed E-state index contributed by atoms with van der Waals surface area (Å²) in [6.07, 6.45) is 0.230. The maximum atomic E-state index is 5.60. The third-order valence-electron chi connectivity index (χ3n) is 2.06. The third-order valence-corrected chi connectivity index (χ3v) is 2.06. The standard InChI is InChI=1S/C12H20N2O2/c1-9(2)15-6-7-16-12-5-4-10(3)14-11(12)8-13/h4-5,9H,6-8,13H2,1-3H3. The number of rotatable bonds is 6. The summed E-state index contributed by atoms with van der Waals surface area (Å²) < 4.78 is 11.0. The van der Waals surface area contributed by atoms with Crippen LogP contribution < -0.4 is 10.5 Å². The number of aromatic nitrogens is 1. The Bertz CT molecular complexity index is 327. The fourth-order valence-corrected chi connectivity index (χ4v) is 1.31. The number of hydrogen-bond donors (Lipinski definition) is 1. The molecule has 1 aromatic heterocycles. The van der Waals surface area contributed by atoms with E-state index in [4.69, 9.17) is 15.2 Å². The lowest BCUT2D eigenvalue weighted by Gasteiger charge is -2.11. The van der Waals surface area contributed by atoms with E-state index in [0.717, 1.165) is 17.1 Å². The first-order valence-electron chi connectivity index (χ1n) is 5.54. The molecule has 1 rings (SSSR count). The number of nitrogens with zero attached hydrogens (tertiary/aromatic N) is 1. The van der Waals surface area contributed by atoms with Crippen LogP contribution in [0.25, 0.3) is 0 Å². The minimum absolute atomic E-state index is 0.230. The van der Waals surface area contributed by atoms with Gasteiger partial charge in [0, 0.05) is 12.2 Å². The molecule has 0 fully saturated rings. The van der Waals surface area contributed by atoms with Crippen LogP contribution >= 0.6 is 0 Å². The lowest BCUT2D eigenvalue weighted by molar-refractivity contribution is 0.0549. The van der Waals surface area contributed by atoms with Gasteiger partial charge in [0.2, 0.25) is 0 Å². The number of nitrogens with two attached hydrogens (primary N) is 1. The summed E-state index contributed by atoms with van der Waals surface area (Å²) in [5.41, 5.74) is 7.34. The molecule has 0 spiro atoms. The summed E-state index contributed by atoms with van der Waals surface area (Å²) in [5, 5.41) is 0. The molecule has 0 unspecified atom stereocenters. The van der Waals surface area contributed by atoms with Crippen LogP contribution in [0.1, 0.15) is 25.2 Å². The number of hydrogen-bond acceptors (Lipinski definition) is 4. The first-order chi connectivity index (χ1) is 7.63. The maximum Gasteiger partial charge on any atom is 0.142 e. The second-order valence-electron chi connectivity index (χ2n) is 3.87. The van der Waals surface area contributed by atoms with Crippen LogP contribution in [0.4, 0.5) is 0 Å². The van der Waals surface area contributed by atoms with E-state index < -0.39 is 0 Å². The first kappa shape index (κ1) is 12.9. The normalized spacial score (nSPS) is 10.8. The van der Waals surface area contributed by atoms with E-state index in [-0.39, 0.29) is 6.10 Å². The van der Waals surface area contributed by atoms with E-state index in [2.05, 4.69) is 4.98 Å². The quantitative estimate of drug-likeness (QED) is 0.746. The second-order valence-corrected chi connectivity index (χ2v) is 3.87. The van der Waals surface area contributed by atoms with Crippen LogP contribution in [-0.2, 0) is 11.3 Å². The lowest BCUT2D eigenvalue weighted by Crippen LogP contribution is -2.13. The maximum absolute atomic E-state index is 5.60. The van der Waals surface area contributed by atoms with Crippen LogP contribution in [0.2, 0.25) is 0 Å². The van der Waals surface area contributed by atoms with E-state index in [1.54, 1.807) is 0 Å². The summed E-state index contributed by atoms with van der Waals surface area (Å²) in [5.74, 6) is 0.750. The van der Waals surface area contributed by atoms with Crippen molar-refractivity contribution < 1.29 is 9.47 Å². The van der Waals surface area contributed by atoms with Gasteiger partial charge in [-0.05, 0) is 32.9 Å². The van der Waals surface area contributed by atoms with E-state index >= 15 is 0 Å². The number of ether oxygens (including phenoxy) is 2. The Labute approximate surface area is 96.8 Å². The van der Waals surface area contributed by atoms with Crippen LogP contribution in [0.3, 0.4) is 0 Å². The first-order valence-corrected chi connectivity index (χ1v) is 5.54. The van der Waals surface area contributed by atoms with Crippen molar-refractivity contribution in [2.75, 3.05) is 13.2 Å². The zero-order chi connectivity index (χ0) is 12.0. The zero-order valence-corrected chi connectivity index (χ0v) is 10.2. The minimum Gasteiger partial charge on any atom is -0.489 e. The van der Waals surface area contributed by atoms with Crippen molar-refractivity contribution in [2.24, 2.45) is 5.73 Å². The van der Waals surface area contributed by atoms with E-state index in [0.29, 0.717) is 19.8 Å². The lowest BCUT2D eigenvalue weighted by atomic mass is 10.3. The van der Waals surface area contributed by atoms with Crippen molar-refractivity contribution in [3.63, 3.8) is 0 Å². The molecule has 4 heteroatoms. The van der Waals surface area contributed by atoms with Crippen molar-refractivity contribution in [3.05, 3.63) is 23.5 Å². The van der Waals surface area contributed by atoms with Gasteiger partial charge in [0.25, 0.3) is 0 Å². The summed E-state index contributed by atoms with van der Waals surface area (Å²) in [4.78, 5) is 4.31. The third kappa shape index (κ3) is 4.16. The van der Waals surface area contributed by atoms with Crippen molar-refractivity contribution >= 4 is 0 Å². The molecule has 4 nitrogen and oxygen atoms in total. The van der Waals surface area contributed by atoms with Gasteiger partial charge < -0.3 is 15.2 Å².